The first-order valence-corrected chi connectivity index (χ1v) is 7.96. The average molecular weight is 325 g/mol. The Labute approximate surface area is 138 Å². The van der Waals surface area contributed by atoms with E-state index < -0.39 is 0 Å². The molecule has 1 aromatic carbocycles. The van der Waals surface area contributed by atoms with Gasteiger partial charge in [0.2, 0.25) is 5.91 Å². The highest BCUT2D eigenvalue weighted by Gasteiger charge is 2.37. The molecule has 2 saturated heterocycles. The third-order valence-corrected chi connectivity index (χ3v) is 4.60. The zero-order valence-corrected chi connectivity index (χ0v) is 13.9. The molecule has 1 amide bonds. The van der Waals surface area contributed by atoms with Crippen molar-refractivity contribution in [3.8, 4) is 5.75 Å². The number of rotatable bonds is 5. The molecule has 2 aliphatic rings. The maximum absolute atomic E-state index is 12.3. The number of carbonyl (C=O) groups is 1. The summed E-state index contributed by atoms with van der Waals surface area (Å²) in [7, 11) is 0. The van der Waals surface area contributed by atoms with Crippen LogP contribution in [0.25, 0.3) is 0 Å². The molecule has 0 bridgehead atoms. The van der Waals surface area contributed by atoms with E-state index in [-0.39, 0.29) is 12.4 Å². The normalized spacial score (nSPS) is 23.0. The van der Waals surface area contributed by atoms with Gasteiger partial charge in [-0.25, -0.2) is 0 Å². The highest BCUT2D eigenvalue weighted by Crippen LogP contribution is 2.26. The number of nitrogens with one attached hydrogen (secondary N) is 1. The highest BCUT2D eigenvalue weighted by atomic mass is 35.5. The lowest BCUT2D eigenvalue weighted by atomic mass is 10.0. The number of ether oxygens (including phenoxy) is 1. The molecular weight excluding hydrogens is 300 g/mol. The summed E-state index contributed by atoms with van der Waals surface area (Å²) in [6.07, 6.45) is 1.43. The van der Waals surface area contributed by atoms with Crippen LogP contribution < -0.4 is 10.1 Å². The van der Waals surface area contributed by atoms with Crippen LogP contribution in [0.5, 0.6) is 5.75 Å². The van der Waals surface area contributed by atoms with Crippen LogP contribution in [-0.2, 0) is 11.2 Å². The maximum atomic E-state index is 12.3. The number of carbonyl (C=O) groups excluding carboxylic acids is 1. The number of aryl methyl sites for hydroxylation is 1. The van der Waals surface area contributed by atoms with E-state index in [0.717, 1.165) is 38.3 Å². The zero-order valence-electron chi connectivity index (χ0n) is 13.1. The molecule has 0 aromatic heterocycles. The van der Waals surface area contributed by atoms with Crippen LogP contribution in [0.1, 0.15) is 18.9 Å². The van der Waals surface area contributed by atoms with Crippen LogP contribution >= 0.6 is 12.4 Å². The second-order valence-electron chi connectivity index (χ2n) is 6.05. The number of hydrogen-bond donors (Lipinski definition) is 1. The van der Waals surface area contributed by atoms with Crippen molar-refractivity contribution in [2.24, 2.45) is 11.8 Å². The van der Waals surface area contributed by atoms with Crippen LogP contribution in [-0.4, -0.2) is 43.6 Å². The van der Waals surface area contributed by atoms with Gasteiger partial charge in [0.05, 0.1) is 6.61 Å². The summed E-state index contributed by atoms with van der Waals surface area (Å²) in [6.45, 7) is 6.71. The molecule has 1 N–H and O–H groups in total. The van der Waals surface area contributed by atoms with Crippen LogP contribution in [0.15, 0.2) is 24.3 Å². The van der Waals surface area contributed by atoms with Crippen molar-refractivity contribution < 1.29 is 9.53 Å². The van der Waals surface area contributed by atoms with Gasteiger partial charge in [-0.2, -0.15) is 0 Å². The lowest BCUT2D eigenvalue weighted by Gasteiger charge is -2.17. The first kappa shape index (κ1) is 17.1. The summed E-state index contributed by atoms with van der Waals surface area (Å²) < 4.78 is 5.43. The Kier molecular flexibility index (Phi) is 6.09. The van der Waals surface area contributed by atoms with Gasteiger partial charge >= 0.3 is 0 Å². The van der Waals surface area contributed by atoms with Gasteiger partial charge in [-0.1, -0.05) is 12.1 Å². The maximum Gasteiger partial charge on any atom is 0.222 e. The molecule has 0 spiro atoms. The van der Waals surface area contributed by atoms with Gasteiger partial charge in [0.1, 0.15) is 5.75 Å². The van der Waals surface area contributed by atoms with E-state index in [9.17, 15) is 4.79 Å². The van der Waals surface area contributed by atoms with Crippen molar-refractivity contribution >= 4 is 18.3 Å². The van der Waals surface area contributed by atoms with E-state index in [4.69, 9.17) is 4.74 Å². The Morgan fingerprint density at radius 3 is 2.45 bits per heavy atom. The summed E-state index contributed by atoms with van der Waals surface area (Å²) in [5.41, 5.74) is 1.20. The topological polar surface area (TPSA) is 41.6 Å². The minimum atomic E-state index is 0. The molecule has 3 rings (SSSR count). The molecule has 1 aromatic rings. The fourth-order valence-electron chi connectivity index (χ4n) is 3.39. The summed E-state index contributed by atoms with van der Waals surface area (Å²) >= 11 is 0. The van der Waals surface area contributed by atoms with E-state index in [1.54, 1.807) is 0 Å². The largest absolute Gasteiger partial charge is 0.494 e. The van der Waals surface area contributed by atoms with Crippen molar-refractivity contribution in [1.82, 2.24) is 10.2 Å². The molecule has 4 nitrogen and oxygen atoms in total. The highest BCUT2D eigenvalue weighted by molar-refractivity contribution is 5.85. The molecule has 0 aliphatic carbocycles. The summed E-state index contributed by atoms with van der Waals surface area (Å²) in [5, 5.41) is 3.41. The number of benzene rings is 1. The molecular formula is C17H25ClN2O2. The van der Waals surface area contributed by atoms with E-state index >= 15 is 0 Å². The lowest BCUT2D eigenvalue weighted by molar-refractivity contribution is -0.130. The SMILES string of the molecule is CCOc1ccc(CCC(=O)N2C[C@H]3CNC[C@H]3C2)cc1.Cl. The number of likely N-dealkylation sites (tertiary alicyclic amines) is 1. The van der Waals surface area contributed by atoms with Gasteiger partial charge in [-0.05, 0) is 42.9 Å². The van der Waals surface area contributed by atoms with Crippen molar-refractivity contribution in [3.63, 3.8) is 0 Å². The van der Waals surface area contributed by atoms with Gasteiger partial charge in [0.25, 0.3) is 0 Å². The number of halogens is 1. The fraction of sp³-hybridized carbons (Fsp3) is 0.588. The molecule has 2 fully saturated rings. The monoisotopic (exact) mass is 324 g/mol. The molecule has 122 valence electrons. The molecule has 2 atom stereocenters. The minimum Gasteiger partial charge on any atom is -0.494 e. The van der Waals surface area contributed by atoms with Crippen molar-refractivity contribution in [3.05, 3.63) is 29.8 Å². The molecule has 0 unspecified atom stereocenters. The van der Waals surface area contributed by atoms with Gasteiger partial charge in [-0.3, -0.25) is 4.79 Å². The van der Waals surface area contributed by atoms with Gasteiger partial charge in [-0.15, -0.1) is 12.4 Å². The van der Waals surface area contributed by atoms with Crippen LogP contribution in [0.4, 0.5) is 0 Å². The van der Waals surface area contributed by atoms with E-state index in [0.29, 0.717) is 30.8 Å². The Morgan fingerprint density at radius 2 is 1.86 bits per heavy atom. The Hall–Kier alpha value is -1.26. The standard InChI is InChI=1S/C17H24N2O2.ClH/c1-2-21-16-6-3-13(4-7-16)5-8-17(20)19-11-14-9-18-10-15(14)12-19;/h3-4,6-7,14-15,18H,2,5,8-12H2,1H3;1H/t14-,15+;. The second-order valence-corrected chi connectivity index (χ2v) is 6.05. The molecule has 2 aliphatic heterocycles. The third-order valence-electron chi connectivity index (χ3n) is 4.60. The summed E-state index contributed by atoms with van der Waals surface area (Å²) in [5.74, 6) is 2.56. The zero-order chi connectivity index (χ0) is 14.7. The first-order chi connectivity index (χ1) is 10.3. The number of nitrogens with zero attached hydrogens (tertiary/aromatic N) is 1. The van der Waals surface area contributed by atoms with Crippen molar-refractivity contribution in [1.29, 1.82) is 0 Å². The Balaban J connectivity index is 0.00000176. The first-order valence-electron chi connectivity index (χ1n) is 7.96. The van der Waals surface area contributed by atoms with Gasteiger partial charge in [0.15, 0.2) is 0 Å². The van der Waals surface area contributed by atoms with E-state index in [2.05, 4.69) is 22.3 Å². The number of fused-ring (bicyclic) bond motifs is 1. The minimum absolute atomic E-state index is 0. The Bertz CT molecular complexity index is 480. The number of amides is 1. The Morgan fingerprint density at radius 1 is 1.23 bits per heavy atom. The summed E-state index contributed by atoms with van der Waals surface area (Å²) in [6, 6.07) is 8.08. The van der Waals surface area contributed by atoms with Gasteiger partial charge in [0, 0.05) is 32.6 Å². The number of hydrogen-bond acceptors (Lipinski definition) is 3. The second kappa shape index (κ2) is 7.84. The molecule has 0 saturated carbocycles. The third kappa shape index (κ3) is 3.93. The van der Waals surface area contributed by atoms with Crippen molar-refractivity contribution in [2.75, 3.05) is 32.8 Å². The van der Waals surface area contributed by atoms with Crippen LogP contribution in [0.3, 0.4) is 0 Å². The molecule has 5 heteroatoms. The summed E-state index contributed by atoms with van der Waals surface area (Å²) in [4.78, 5) is 14.4. The van der Waals surface area contributed by atoms with E-state index in [1.165, 1.54) is 5.56 Å². The smallest absolute Gasteiger partial charge is 0.222 e. The predicted octanol–water partition coefficient (Wildman–Crippen LogP) is 2.12. The molecule has 22 heavy (non-hydrogen) atoms. The van der Waals surface area contributed by atoms with E-state index in [1.807, 2.05) is 19.1 Å². The van der Waals surface area contributed by atoms with Crippen LogP contribution in [0.2, 0.25) is 0 Å². The molecule has 0 radical (unpaired) electrons. The predicted molar refractivity (Wildman–Crippen MR) is 89.6 cm³/mol. The van der Waals surface area contributed by atoms with Crippen molar-refractivity contribution in [2.45, 2.75) is 19.8 Å². The van der Waals surface area contributed by atoms with Crippen LogP contribution in [0, 0.1) is 11.8 Å². The quantitative estimate of drug-likeness (QED) is 0.902. The average Bonchev–Trinajstić information content (AvgIpc) is 3.08. The lowest BCUT2D eigenvalue weighted by Crippen LogP contribution is -2.31. The molecule has 2 heterocycles. The van der Waals surface area contributed by atoms with Gasteiger partial charge < -0.3 is 15.0 Å². The fourth-order valence-corrected chi connectivity index (χ4v) is 3.39.